The van der Waals surface area contributed by atoms with Gasteiger partial charge in [-0.25, -0.2) is 14.9 Å². The largest absolute Gasteiger partial charge is 0.460 e. The number of carbonyl (C=O) groups is 1. The Labute approximate surface area is 189 Å². The number of ether oxygens (including phenoxy) is 1. The first-order valence-corrected chi connectivity index (χ1v) is 12.9. The summed E-state index contributed by atoms with van der Waals surface area (Å²) in [7, 11) is -3.37. The summed E-state index contributed by atoms with van der Waals surface area (Å²) >= 11 is 1.29. The van der Waals surface area contributed by atoms with Crippen LogP contribution in [0, 0.1) is 0 Å². The molecule has 13 heteroatoms. The summed E-state index contributed by atoms with van der Waals surface area (Å²) in [6, 6.07) is 8.37. The minimum absolute atomic E-state index is 0.0422. The van der Waals surface area contributed by atoms with Gasteiger partial charge in [0, 0.05) is 13.1 Å². The molecule has 5 atom stereocenters. The lowest BCUT2D eigenvalue weighted by Crippen LogP contribution is -2.34. The van der Waals surface area contributed by atoms with Crippen LogP contribution in [-0.2, 0) is 25.2 Å². The van der Waals surface area contributed by atoms with E-state index in [1.54, 1.807) is 0 Å². The maximum absolute atomic E-state index is 12.8. The second kappa shape index (κ2) is 10.6. The van der Waals surface area contributed by atoms with Gasteiger partial charge in [0.05, 0.1) is 23.3 Å². The number of esters is 1. The van der Waals surface area contributed by atoms with Crippen LogP contribution < -0.4 is 16.5 Å². The van der Waals surface area contributed by atoms with E-state index in [1.165, 1.54) is 36.2 Å². The van der Waals surface area contributed by atoms with Crippen molar-refractivity contribution in [3.63, 3.8) is 0 Å². The van der Waals surface area contributed by atoms with Crippen molar-refractivity contribution >= 4 is 31.2 Å². The van der Waals surface area contributed by atoms with Gasteiger partial charge in [-0.3, -0.25) is 13.9 Å². The Hall–Kier alpha value is -2.24. The minimum atomic E-state index is -3.37. The van der Waals surface area contributed by atoms with Crippen LogP contribution in [0.4, 0.5) is 5.95 Å². The highest BCUT2D eigenvalue weighted by molar-refractivity contribution is 8.00. The first-order valence-electron chi connectivity index (χ1n) is 9.89. The third-order valence-electron chi connectivity index (χ3n) is 4.75. The maximum atomic E-state index is 12.8. The molecule has 1 unspecified atom stereocenters. The highest BCUT2D eigenvalue weighted by Gasteiger charge is 2.37. The predicted octanol–water partition coefficient (Wildman–Crippen LogP) is 1.15. The fraction of sp³-hybridized carbons (Fsp3) is 0.474. The molecule has 0 aliphatic carbocycles. The van der Waals surface area contributed by atoms with Gasteiger partial charge >= 0.3 is 11.7 Å². The zero-order chi connectivity index (χ0) is 23.3. The number of hydrogen-bond acceptors (Lipinski definition) is 10. The Bertz CT molecular complexity index is 1040. The van der Waals surface area contributed by atoms with Gasteiger partial charge in [0.1, 0.15) is 19.0 Å². The first kappa shape index (κ1) is 24.4. The molecule has 1 saturated heterocycles. The van der Waals surface area contributed by atoms with E-state index in [0.717, 1.165) is 5.56 Å². The van der Waals surface area contributed by atoms with E-state index in [0.29, 0.717) is 0 Å². The number of benzene rings is 1. The number of nitrogens with one attached hydrogen (secondary N) is 1. The van der Waals surface area contributed by atoms with Crippen molar-refractivity contribution in [1.82, 2.24) is 19.6 Å². The Morgan fingerprint density at radius 3 is 2.84 bits per heavy atom. The van der Waals surface area contributed by atoms with Gasteiger partial charge in [-0.1, -0.05) is 30.3 Å². The molecule has 32 heavy (non-hydrogen) atoms. The van der Waals surface area contributed by atoms with Gasteiger partial charge in [0.15, 0.2) is 0 Å². The molecule has 1 aliphatic rings. The third kappa shape index (κ3) is 6.63. The Kier molecular flexibility index (Phi) is 8.07. The molecule has 2 aromatic rings. The highest BCUT2D eigenvalue weighted by atomic mass is 32.2. The molecular formula is C19H26N5O6PS. The summed E-state index contributed by atoms with van der Waals surface area (Å²) in [6.07, 6.45) is 0.769. The van der Waals surface area contributed by atoms with Crippen molar-refractivity contribution < 1.29 is 23.7 Å². The molecule has 1 aromatic carbocycles. The third-order valence-corrected chi connectivity index (χ3v) is 7.78. The van der Waals surface area contributed by atoms with E-state index in [9.17, 15) is 19.3 Å². The van der Waals surface area contributed by atoms with E-state index in [2.05, 4.69) is 15.1 Å². The lowest BCUT2D eigenvalue weighted by molar-refractivity contribution is -0.146. The van der Waals surface area contributed by atoms with Crippen LogP contribution in [0.3, 0.4) is 0 Å². The number of aliphatic hydroxyl groups is 1. The number of nitrogens with two attached hydrogens (primary N) is 1. The van der Waals surface area contributed by atoms with E-state index >= 15 is 0 Å². The molecule has 1 aliphatic heterocycles. The monoisotopic (exact) mass is 483 g/mol. The van der Waals surface area contributed by atoms with Gasteiger partial charge in [-0.2, -0.15) is 4.98 Å². The van der Waals surface area contributed by atoms with Crippen LogP contribution in [0.25, 0.3) is 0 Å². The van der Waals surface area contributed by atoms with E-state index < -0.39 is 41.9 Å². The van der Waals surface area contributed by atoms with Crippen molar-refractivity contribution in [3.8, 4) is 0 Å². The van der Waals surface area contributed by atoms with Crippen LogP contribution in [0.15, 0.2) is 41.5 Å². The van der Waals surface area contributed by atoms with Gasteiger partial charge in [-0.15, -0.1) is 11.8 Å². The Morgan fingerprint density at radius 2 is 2.16 bits per heavy atom. The van der Waals surface area contributed by atoms with Crippen molar-refractivity contribution in [2.45, 2.75) is 42.7 Å². The molecule has 0 radical (unpaired) electrons. The number of anilines is 1. The summed E-state index contributed by atoms with van der Waals surface area (Å²) in [5.41, 5.74) is 5.69. The summed E-state index contributed by atoms with van der Waals surface area (Å²) in [6.45, 7) is 2.96. The zero-order valence-electron chi connectivity index (χ0n) is 17.7. The molecule has 0 saturated carbocycles. The Balaban J connectivity index is 1.49. The minimum Gasteiger partial charge on any atom is -0.460 e. The number of rotatable bonds is 9. The van der Waals surface area contributed by atoms with Crippen molar-refractivity contribution in [3.05, 3.63) is 52.7 Å². The first-order chi connectivity index (χ1) is 15.1. The second-order valence-electron chi connectivity index (χ2n) is 7.42. The molecule has 1 aromatic heterocycles. The quantitative estimate of drug-likeness (QED) is 0.347. The summed E-state index contributed by atoms with van der Waals surface area (Å²) in [5, 5.41) is 12.2. The molecule has 174 valence electrons. The number of thioether (sulfide) groups is 1. The van der Waals surface area contributed by atoms with Crippen LogP contribution in [0.2, 0.25) is 0 Å². The standard InChI is InChI=1S/C19H26N5O6PS/c1-12(17(26)29-9-13-6-4-3-5-7-13)23-31(2,28)30-10-15-14(25)8-16(32-15)24-11-21-18(20)22-19(24)27/h3-7,11-12,14-16,25H,8-10H2,1-2H3,(H,23,28)(H2,20,22,27)/t12-,14+,15+,16+,31?/m0/s1. The van der Waals surface area contributed by atoms with Gasteiger partial charge in [0.25, 0.3) is 7.52 Å². The molecular weight excluding hydrogens is 457 g/mol. The van der Waals surface area contributed by atoms with Gasteiger partial charge in [-0.05, 0) is 12.5 Å². The topological polar surface area (TPSA) is 159 Å². The number of hydrogen-bond donors (Lipinski definition) is 3. The molecule has 3 rings (SSSR count). The summed E-state index contributed by atoms with van der Waals surface area (Å²) in [5.74, 6) is -0.679. The number of aromatic nitrogens is 3. The highest BCUT2D eigenvalue weighted by Crippen LogP contribution is 2.44. The molecule has 0 spiro atoms. The SMILES string of the molecule is C[C@H](NP(C)(=O)OC[C@H]1S[C@@H](n2cnc(N)nc2=O)C[C@H]1O)C(=O)OCc1ccccc1. The number of aliphatic hydroxyl groups excluding tert-OH is 1. The van der Waals surface area contributed by atoms with Crippen LogP contribution in [0.5, 0.6) is 0 Å². The molecule has 4 N–H and O–H groups in total. The summed E-state index contributed by atoms with van der Waals surface area (Å²) in [4.78, 5) is 31.6. The second-order valence-corrected chi connectivity index (χ2v) is 11.1. The maximum Gasteiger partial charge on any atom is 0.353 e. The molecule has 11 nitrogen and oxygen atoms in total. The number of nitrogens with zero attached hydrogens (tertiary/aromatic N) is 3. The molecule has 2 heterocycles. The molecule has 0 amide bonds. The summed E-state index contributed by atoms with van der Waals surface area (Å²) < 4.78 is 24.8. The average molecular weight is 483 g/mol. The van der Waals surface area contributed by atoms with E-state index in [4.69, 9.17) is 15.0 Å². The predicted molar refractivity (Wildman–Crippen MR) is 120 cm³/mol. The van der Waals surface area contributed by atoms with E-state index in [1.807, 2.05) is 30.3 Å². The molecule has 0 bridgehead atoms. The van der Waals surface area contributed by atoms with E-state index in [-0.39, 0.29) is 25.6 Å². The number of carbonyl (C=O) groups excluding carboxylic acids is 1. The zero-order valence-corrected chi connectivity index (χ0v) is 19.4. The lowest BCUT2D eigenvalue weighted by Gasteiger charge is -2.22. The van der Waals surface area contributed by atoms with Crippen LogP contribution in [0.1, 0.15) is 24.3 Å². The normalized spacial score (nSPS) is 23.4. The van der Waals surface area contributed by atoms with Gasteiger partial charge < -0.3 is 20.1 Å². The van der Waals surface area contributed by atoms with Gasteiger partial charge in [0.2, 0.25) is 5.95 Å². The molecule has 1 fully saturated rings. The van der Waals surface area contributed by atoms with Crippen molar-refractivity contribution in [2.75, 3.05) is 19.0 Å². The van der Waals surface area contributed by atoms with Crippen molar-refractivity contribution in [1.29, 1.82) is 0 Å². The van der Waals surface area contributed by atoms with Crippen LogP contribution >= 0.6 is 19.3 Å². The fourth-order valence-electron chi connectivity index (χ4n) is 3.10. The van der Waals surface area contributed by atoms with Crippen molar-refractivity contribution in [2.24, 2.45) is 0 Å². The smallest absolute Gasteiger partial charge is 0.353 e. The number of nitrogen functional groups attached to an aromatic ring is 1. The average Bonchev–Trinajstić information content (AvgIpc) is 3.11. The lowest BCUT2D eigenvalue weighted by atomic mass is 10.2. The van der Waals surface area contributed by atoms with Crippen LogP contribution in [-0.4, -0.2) is 56.3 Å². The Morgan fingerprint density at radius 1 is 1.44 bits per heavy atom. The fourth-order valence-corrected chi connectivity index (χ4v) is 5.96.